The van der Waals surface area contributed by atoms with Gasteiger partial charge in [0.1, 0.15) is 5.75 Å². The fraction of sp³-hybridized carbons (Fsp3) is 0.458. The number of anilines is 1. The van der Waals surface area contributed by atoms with E-state index in [1.807, 2.05) is 37.3 Å². The van der Waals surface area contributed by atoms with Crippen LogP contribution in [0, 0.1) is 19.8 Å². The van der Waals surface area contributed by atoms with Crippen molar-refractivity contribution in [1.29, 1.82) is 0 Å². The molecule has 2 N–H and O–H groups in total. The Hall–Kier alpha value is -2.53. The summed E-state index contributed by atoms with van der Waals surface area (Å²) in [5, 5.41) is 12.8. The molecule has 3 atom stereocenters. The maximum absolute atomic E-state index is 13.1. The van der Waals surface area contributed by atoms with E-state index in [9.17, 15) is 9.90 Å². The van der Waals surface area contributed by atoms with Crippen molar-refractivity contribution in [2.75, 3.05) is 25.2 Å². The topological polar surface area (TPSA) is 61.8 Å². The molecular formula is C24H32N2O3. The number of carbonyl (C=O) groups excluding carboxylic acids is 1. The van der Waals surface area contributed by atoms with Crippen molar-refractivity contribution in [2.45, 2.75) is 45.7 Å². The molecule has 156 valence electrons. The van der Waals surface area contributed by atoms with Gasteiger partial charge in [-0.25, -0.2) is 0 Å². The Morgan fingerprint density at radius 3 is 2.48 bits per heavy atom. The highest BCUT2D eigenvalue weighted by molar-refractivity contribution is 5.80. The summed E-state index contributed by atoms with van der Waals surface area (Å²) in [5.74, 6) is 0.656. The van der Waals surface area contributed by atoms with Crippen molar-refractivity contribution >= 4 is 11.6 Å². The molecule has 0 saturated carbocycles. The summed E-state index contributed by atoms with van der Waals surface area (Å²) in [6.07, 6.45) is 2.05. The molecule has 3 rings (SSSR count). The molecule has 1 aliphatic heterocycles. The lowest BCUT2D eigenvalue weighted by Crippen LogP contribution is -2.44. The number of carbonyl (C=O) groups is 1. The molecule has 29 heavy (non-hydrogen) atoms. The van der Waals surface area contributed by atoms with Gasteiger partial charge in [0, 0.05) is 18.3 Å². The van der Waals surface area contributed by atoms with Crippen molar-refractivity contribution < 1.29 is 14.6 Å². The van der Waals surface area contributed by atoms with Gasteiger partial charge in [-0.2, -0.15) is 0 Å². The quantitative estimate of drug-likeness (QED) is 0.748. The number of nitrogens with zero attached hydrogens (tertiary/aromatic N) is 1. The zero-order chi connectivity index (χ0) is 21.0. The maximum Gasteiger partial charge on any atom is 0.225 e. The highest BCUT2D eigenvalue weighted by Gasteiger charge is 2.35. The lowest BCUT2D eigenvalue weighted by Gasteiger charge is -2.34. The van der Waals surface area contributed by atoms with Crippen molar-refractivity contribution in [1.82, 2.24) is 5.32 Å². The van der Waals surface area contributed by atoms with Gasteiger partial charge in [-0.3, -0.25) is 4.79 Å². The molecule has 1 heterocycles. The van der Waals surface area contributed by atoms with Crippen LogP contribution in [0.2, 0.25) is 0 Å². The van der Waals surface area contributed by atoms with Gasteiger partial charge in [0.05, 0.1) is 25.7 Å². The van der Waals surface area contributed by atoms with Crippen LogP contribution in [0.25, 0.3) is 0 Å². The Kier molecular flexibility index (Phi) is 6.80. The zero-order valence-electron chi connectivity index (χ0n) is 17.8. The summed E-state index contributed by atoms with van der Waals surface area (Å²) in [5.41, 5.74) is 4.45. The van der Waals surface area contributed by atoms with Crippen molar-refractivity contribution in [2.24, 2.45) is 5.92 Å². The second kappa shape index (κ2) is 9.31. The average molecular weight is 397 g/mol. The fourth-order valence-corrected chi connectivity index (χ4v) is 4.47. The molecular weight excluding hydrogens is 364 g/mol. The van der Waals surface area contributed by atoms with Crippen LogP contribution in [-0.2, 0) is 4.79 Å². The normalized spacial score (nSPS) is 18.4. The van der Waals surface area contributed by atoms with Crippen LogP contribution in [0.3, 0.4) is 0 Å². The Morgan fingerprint density at radius 2 is 1.90 bits per heavy atom. The number of aliphatic hydroxyl groups excluding tert-OH is 1. The van der Waals surface area contributed by atoms with Crippen LogP contribution in [0.5, 0.6) is 5.75 Å². The van der Waals surface area contributed by atoms with E-state index in [4.69, 9.17) is 4.74 Å². The SMILES string of the molecule is COc1cc(C)c(N2CCC[C@H]2[C@@H](C)C(=O)N[C@@H](CO)c2ccccc2)c(C)c1. The molecule has 0 unspecified atom stereocenters. The van der Waals surface area contributed by atoms with Gasteiger partial charge in [-0.1, -0.05) is 37.3 Å². The molecule has 1 saturated heterocycles. The molecule has 2 aromatic rings. The van der Waals surface area contributed by atoms with Gasteiger partial charge in [-0.15, -0.1) is 0 Å². The molecule has 5 nitrogen and oxygen atoms in total. The molecule has 1 fully saturated rings. The lowest BCUT2D eigenvalue weighted by molar-refractivity contribution is -0.126. The molecule has 0 spiro atoms. The first-order valence-corrected chi connectivity index (χ1v) is 10.3. The predicted molar refractivity (Wildman–Crippen MR) is 116 cm³/mol. The third kappa shape index (κ3) is 4.56. The Labute approximate surface area is 173 Å². The highest BCUT2D eigenvalue weighted by atomic mass is 16.5. The molecule has 0 aliphatic carbocycles. The monoisotopic (exact) mass is 396 g/mol. The first kappa shape index (κ1) is 21.2. The summed E-state index contributed by atoms with van der Waals surface area (Å²) in [4.78, 5) is 15.4. The van der Waals surface area contributed by atoms with Gasteiger partial charge in [-0.05, 0) is 55.5 Å². The second-order valence-corrected chi connectivity index (χ2v) is 7.96. The van der Waals surface area contributed by atoms with Crippen LogP contribution in [0.15, 0.2) is 42.5 Å². The average Bonchev–Trinajstić information content (AvgIpc) is 3.20. The number of ether oxygens (including phenoxy) is 1. The fourth-order valence-electron chi connectivity index (χ4n) is 4.47. The van der Waals surface area contributed by atoms with Crippen LogP contribution in [0.4, 0.5) is 5.69 Å². The van der Waals surface area contributed by atoms with Crippen molar-refractivity contribution in [3.63, 3.8) is 0 Å². The number of benzene rings is 2. The van der Waals surface area contributed by atoms with Crippen LogP contribution < -0.4 is 15.0 Å². The molecule has 2 aromatic carbocycles. The number of methoxy groups -OCH3 is 1. The number of hydrogen-bond acceptors (Lipinski definition) is 4. The van der Waals surface area contributed by atoms with Crippen LogP contribution in [-0.4, -0.2) is 37.3 Å². The second-order valence-electron chi connectivity index (χ2n) is 7.96. The molecule has 0 aromatic heterocycles. The predicted octanol–water partition coefficient (Wildman–Crippen LogP) is 3.77. The highest BCUT2D eigenvalue weighted by Crippen LogP contribution is 2.36. The zero-order valence-corrected chi connectivity index (χ0v) is 17.8. The van der Waals surface area contributed by atoms with E-state index in [-0.39, 0.29) is 30.5 Å². The lowest BCUT2D eigenvalue weighted by atomic mass is 9.96. The molecule has 0 radical (unpaired) electrons. The summed E-state index contributed by atoms with van der Waals surface area (Å²) in [6.45, 7) is 7.02. The maximum atomic E-state index is 13.1. The molecule has 5 heteroatoms. The smallest absolute Gasteiger partial charge is 0.225 e. The van der Waals surface area contributed by atoms with Gasteiger partial charge in [0.15, 0.2) is 0 Å². The first-order valence-electron chi connectivity index (χ1n) is 10.3. The standard InChI is InChI=1S/C24H32N2O3/c1-16-13-20(29-4)14-17(2)23(16)26-12-8-11-22(26)18(3)24(28)25-21(15-27)19-9-6-5-7-10-19/h5-7,9-10,13-14,18,21-22,27H,8,11-12,15H2,1-4H3,(H,25,28)/t18-,21+,22+/m1/s1. The Morgan fingerprint density at radius 1 is 1.24 bits per heavy atom. The third-order valence-electron chi connectivity index (χ3n) is 5.98. The van der Waals surface area contributed by atoms with Gasteiger partial charge in [0.2, 0.25) is 5.91 Å². The van der Waals surface area contributed by atoms with Crippen molar-refractivity contribution in [3.8, 4) is 5.75 Å². The number of aliphatic hydroxyl groups is 1. The third-order valence-corrected chi connectivity index (χ3v) is 5.98. The largest absolute Gasteiger partial charge is 0.497 e. The summed E-state index contributed by atoms with van der Waals surface area (Å²) in [6, 6.07) is 13.5. The minimum atomic E-state index is -0.384. The minimum Gasteiger partial charge on any atom is -0.497 e. The number of rotatable bonds is 7. The van der Waals surface area contributed by atoms with Gasteiger partial charge in [0.25, 0.3) is 0 Å². The van der Waals surface area contributed by atoms with E-state index < -0.39 is 0 Å². The Balaban J connectivity index is 1.78. The first-order chi connectivity index (χ1) is 14.0. The Bertz CT molecular complexity index is 814. The van der Waals surface area contributed by atoms with E-state index in [0.29, 0.717) is 0 Å². The van der Waals surface area contributed by atoms with Crippen molar-refractivity contribution in [3.05, 3.63) is 59.2 Å². The number of hydrogen-bond donors (Lipinski definition) is 2. The summed E-state index contributed by atoms with van der Waals surface area (Å²) < 4.78 is 5.40. The van der Waals surface area contributed by atoms with Crippen LogP contribution in [0.1, 0.15) is 42.5 Å². The van der Waals surface area contributed by atoms with Crippen LogP contribution >= 0.6 is 0 Å². The van der Waals surface area contributed by atoms with Gasteiger partial charge < -0.3 is 20.1 Å². The number of nitrogens with one attached hydrogen (secondary N) is 1. The van der Waals surface area contributed by atoms with Gasteiger partial charge >= 0.3 is 0 Å². The molecule has 0 bridgehead atoms. The molecule has 1 amide bonds. The van der Waals surface area contributed by atoms with E-state index >= 15 is 0 Å². The number of amides is 1. The van der Waals surface area contributed by atoms with E-state index in [0.717, 1.165) is 30.7 Å². The summed E-state index contributed by atoms with van der Waals surface area (Å²) >= 11 is 0. The summed E-state index contributed by atoms with van der Waals surface area (Å²) in [7, 11) is 1.68. The van der Waals surface area contributed by atoms with E-state index in [1.165, 1.54) is 16.8 Å². The van der Waals surface area contributed by atoms with E-state index in [2.05, 4.69) is 36.2 Å². The minimum absolute atomic E-state index is 0.0198. The van der Waals surface area contributed by atoms with E-state index in [1.54, 1.807) is 7.11 Å². The number of aryl methyl sites for hydroxylation is 2. The molecule has 1 aliphatic rings.